The summed E-state index contributed by atoms with van der Waals surface area (Å²) in [6, 6.07) is 12.7. The van der Waals surface area contributed by atoms with Crippen LogP contribution in [0.3, 0.4) is 0 Å². The van der Waals surface area contributed by atoms with Gasteiger partial charge in [-0.1, -0.05) is 76.4 Å². The van der Waals surface area contributed by atoms with Gasteiger partial charge in [-0.25, -0.2) is 0 Å². The Balaban J connectivity index is 2.34. The summed E-state index contributed by atoms with van der Waals surface area (Å²) in [6.07, 6.45) is 5.70. The van der Waals surface area contributed by atoms with Crippen LogP contribution in [-0.2, 0) is 11.8 Å². The lowest BCUT2D eigenvalue weighted by molar-refractivity contribution is 0.405. The van der Waals surface area contributed by atoms with Gasteiger partial charge < -0.3 is 5.11 Å². The van der Waals surface area contributed by atoms with Crippen molar-refractivity contribution in [2.75, 3.05) is 0 Å². The zero-order valence-corrected chi connectivity index (χ0v) is 15.9. The number of hydrogen-bond acceptors (Lipinski definition) is 1. The van der Waals surface area contributed by atoms with Crippen molar-refractivity contribution >= 4 is 0 Å². The van der Waals surface area contributed by atoms with E-state index in [1.165, 1.54) is 36.0 Å². The summed E-state index contributed by atoms with van der Waals surface area (Å²) >= 11 is 0. The quantitative estimate of drug-likeness (QED) is 0.580. The van der Waals surface area contributed by atoms with Gasteiger partial charge in [0, 0.05) is 5.56 Å². The van der Waals surface area contributed by atoms with Crippen LogP contribution in [0.25, 0.3) is 0 Å². The first-order valence-electron chi connectivity index (χ1n) is 9.23. The molecule has 0 aliphatic heterocycles. The molecule has 130 valence electrons. The molecule has 1 N–H and O–H groups in total. The highest BCUT2D eigenvalue weighted by Gasteiger charge is 2.26. The molecule has 1 heteroatoms. The van der Waals surface area contributed by atoms with E-state index in [9.17, 15) is 5.11 Å². The first-order chi connectivity index (χ1) is 11.4. The number of phenolic OH excluding ortho intramolecular Hbond substituents is 1. The van der Waals surface area contributed by atoms with Crippen LogP contribution in [0, 0.1) is 13.8 Å². The maximum atomic E-state index is 10.9. The van der Waals surface area contributed by atoms with E-state index in [0.717, 1.165) is 24.0 Å². The van der Waals surface area contributed by atoms with Crippen molar-refractivity contribution in [3.8, 4) is 5.75 Å². The highest BCUT2D eigenvalue weighted by Crippen LogP contribution is 2.39. The third-order valence-corrected chi connectivity index (χ3v) is 5.26. The largest absolute Gasteiger partial charge is 0.507 e. The Kier molecular flexibility index (Phi) is 6.10. The number of hydrogen-bond donors (Lipinski definition) is 1. The summed E-state index contributed by atoms with van der Waals surface area (Å²) in [4.78, 5) is 0. The van der Waals surface area contributed by atoms with Gasteiger partial charge in [0.15, 0.2) is 0 Å². The van der Waals surface area contributed by atoms with E-state index in [1.807, 2.05) is 6.07 Å². The Labute approximate surface area is 147 Å². The summed E-state index contributed by atoms with van der Waals surface area (Å²) < 4.78 is 0. The third-order valence-electron chi connectivity index (χ3n) is 5.26. The topological polar surface area (TPSA) is 20.2 Å². The Bertz CT molecular complexity index is 668. The van der Waals surface area contributed by atoms with Crippen LogP contribution in [0.4, 0.5) is 0 Å². The molecule has 2 aromatic rings. The van der Waals surface area contributed by atoms with E-state index in [1.54, 1.807) is 0 Å². The van der Waals surface area contributed by atoms with E-state index < -0.39 is 0 Å². The summed E-state index contributed by atoms with van der Waals surface area (Å²) in [7, 11) is 0. The molecule has 0 aromatic heterocycles. The van der Waals surface area contributed by atoms with E-state index >= 15 is 0 Å². The molecule has 0 spiro atoms. The van der Waals surface area contributed by atoms with Crippen molar-refractivity contribution in [3.05, 3.63) is 64.2 Å². The molecule has 0 fully saturated rings. The highest BCUT2D eigenvalue weighted by molar-refractivity contribution is 5.52. The number of rotatable bonds is 7. The van der Waals surface area contributed by atoms with Crippen LogP contribution in [-0.4, -0.2) is 5.11 Å². The van der Waals surface area contributed by atoms with E-state index in [0.29, 0.717) is 5.75 Å². The zero-order valence-electron chi connectivity index (χ0n) is 15.9. The number of benzene rings is 2. The van der Waals surface area contributed by atoms with Crippen molar-refractivity contribution in [2.24, 2.45) is 0 Å². The summed E-state index contributed by atoms with van der Waals surface area (Å²) in [5.41, 5.74) is 5.99. The van der Waals surface area contributed by atoms with Crippen LogP contribution < -0.4 is 0 Å². The van der Waals surface area contributed by atoms with Gasteiger partial charge in [0.2, 0.25) is 0 Å². The molecule has 2 rings (SSSR count). The lowest BCUT2D eigenvalue weighted by Crippen LogP contribution is -2.18. The zero-order chi connectivity index (χ0) is 17.7. The van der Waals surface area contributed by atoms with Gasteiger partial charge >= 0.3 is 0 Å². The summed E-state index contributed by atoms with van der Waals surface area (Å²) in [5.74, 6) is 0.494. The van der Waals surface area contributed by atoms with Gasteiger partial charge in [-0.05, 0) is 54.4 Å². The van der Waals surface area contributed by atoms with Crippen LogP contribution in [0.15, 0.2) is 36.4 Å². The maximum absolute atomic E-state index is 10.9. The second-order valence-electron chi connectivity index (χ2n) is 7.70. The molecule has 24 heavy (non-hydrogen) atoms. The second-order valence-corrected chi connectivity index (χ2v) is 7.70. The van der Waals surface area contributed by atoms with Crippen molar-refractivity contribution in [2.45, 2.75) is 72.1 Å². The summed E-state index contributed by atoms with van der Waals surface area (Å²) in [5, 5.41) is 10.9. The minimum absolute atomic E-state index is 0.0139. The Morgan fingerprint density at radius 1 is 1.00 bits per heavy atom. The van der Waals surface area contributed by atoms with Crippen LogP contribution in [0.2, 0.25) is 0 Å². The Hall–Kier alpha value is -1.76. The van der Waals surface area contributed by atoms with Crippen LogP contribution in [0.5, 0.6) is 5.75 Å². The molecule has 0 saturated heterocycles. The van der Waals surface area contributed by atoms with Gasteiger partial charge in [0.05, 0.1) is 0 Å². The summed E-state index contributed by atoms with van der Waals surface area (Å²) in [6.45, 7) is 11.0. The highest BCUT2D eigenvalue weighted by atomic mass is 16.3. The predicted molar refractivity (Wildman–Crippen MR) is 104 cm³/mol. The average Bonchev–Trinajstić information content (AvgIpc) is 2.56. The van der Waals surface area contributed by atoms with Crippen LogP contribution in [0.1, 0.15) is 74.3 Å². The van der Waals surface area contributed by atoms with Gasteiger partial charge in [-0.15, -0.1) is 0 Å². The molecule has 0 saturated carbocycles. The molecule has 0 aliphatic rings. The molecule has 1 nitrogen and oxygen atoms in total. The Morgan fingerprint density at radius 2 is 1.67 bits per heavy atom. The van der Waals surface area contributed by atoms with Gasteiger partial charge in [0.1, 0.15) is 5.75 Å². The van der Waals surface area contributed by atoms with Crippen molar-refractivity contribution < 1.29 is 5.11 Å². The molecule has 0 heterocycles. The van der Waals surface area contributed by atoms with Gasteiger partial charge in [-0.2, -0.15) is 0 Å². The lowest BCUT2D eigenvalue weighted by atomic mass is 9.77. The van der Waals surface area contributed by atoms with Crippen molar-refractivity contribution in [3.63, 3.8) is 0 Å². The predicted octanol–water partition coefficient (Wildman–Crippen LogP) is 6.46. The van der Waals surface area contributed by atoms with Crippen molar-refractivity contribution in [1.29, 1.82) is 0 Å². The monoisotopic (exact) mass is 324 g/mol. The first kappa shape index (κ1) is 18.6. The number of aryl methyl sites for hydroxylation is 1. The van der Waals surface area contributed by atoms with Gasteiger partial charge in [-0.3, -0.25) is 0 Å². The fraction of sp³-hybridized carbons (Fsp3) is 0.478. The molecule has 0 amide bonds. The van der Waals surface area contributed by atoms with Crippen LogP contribution >= 0.6 is 0 Å². The van der Waals surface area contributed by atoms with E-state index in [2.05, 4.69) is 65.0 Å². The maximum Gasteiger partial charge on any atom is 0.122 e. The third kappa shape index (κ3) is 4.20. The first-order valence-corrected chi connectivity index (χ1v) is 9.23. The standard InChI is InChI=1S/C23H32O/c1-6-7-11-14-23(4,5)21-15-17(2)20(18(3)22(21)24)16-19-12-9-8-10-13-19/h8-10,12-13,15,24H,6-7,11,14,16H2,1-5H3. The molecule has 0 bridgehead atoms. The average molecular weight is 325 g/mol. The van der Waals surface area contributed by atoms with Crippen molar-refractivity contribution in [1.82, 2.24) is 0 Å². The molecular weight excluding hydrogens is 292 g/mol. The van der Waals surface area contributed by atoms with E-state index in [-0.39, 0.29) is 5.41 Å². The molecule has 0 radical (unpaired) electrons. The van der Waals surface area contributed by atoms with Gasteiger partial charge in [0.25, 0.3) is 0 Å². The number of phenols is 1. The Morgan fingerprint density at radius 3 is 2.29 bits per heavy atom. The fourth-order valence-corrected chi connectivity index (χ4v) is 3.55. The molecule has 0 atom stereocenters. The lowest BCUT2D eigenvalue weighted by Gasteiger charge is -2.28. The SMILES string of the molecule is CCCCCC(C)(C)c1cc(C)c(Cc2ccccc2)c(C)c1O. The number of unbranched alkanes of at least 4 members (excludes halogenated alkanes) is 2. The molecule has 0 unspecified atom stereocenters. The number of aromatic hydroxyl groups is 1. The minimum atomic E-state index is 0.0139. The molecule has 2 aromatic carbocycles. The normalized spacial score (nSPS) is 11.7. The smallest absolute Gasteiger partial charge is 0.122 e. The molecule has 0 aliphatic carbocycles. The second kappa shape index (κ2) is 7.88. The molecular formula is C23H32O. The van der Waals surface area contributed by atoms with E-state index in [4.69, 9.17) is 0 Å². The minimum Gasteiger partial charge on any atom is -0.507 e. The fourth-order valence-electron chi connectivity index (χ4n) is 3.55.